The van der Waals surface area contributed by atoms with E-state index in [1.54, 1.807) is 48.0 Å². The van der Waals surface area contributed by atoms with Crippen molar-refractivity contribution >= 4 is 16.9 Å². The van der Waals surface area contributed by atoms with Gasteiger partial charge in [0, 0.05) is 24.1 Å². The number of nitrogens with zero attached hydrogens (tertiary/aromatic N) is 1. The Labute approximate surface area is 148 Å². The van der Waals surface area contributed by atoms with Crippen molar-refractivity contribution in [2.45, 2.75) is 0 Å². The molecule has 2 aromatic carbocycles. The summed E-state index contributed by atoms with van der Waals surface area (Å²) in [5.41, 5.74) is 0.592. The third kappa shape index (κ3) is 2.28. The van der Waals surface area contributed by atoms with Crippen LogP contribution in [-0.2, 0) is 7.05 Å². The summed E-state index contributed by atoms with van der Waals surface area (Å²) in [5.74, 6) is 0.387. The number of carbonyl (C=O) groups is 1. The highest BCUT2D eigenvalue weighted by Gasteiger charge is 2.24. The molecule has 0 fully saturated rings. The zero-order valence-corrected chi connectivity index (χ0v) is 14.1. The van der Waals surface area contributed by atoms with Crippen LogP contribution in [0.4, 0.5) is 0 Å². The lowest BCUT2D eigenvalue weighted by molar-refractivity contribution is 0.0696. The highest BCUT2D eigenvalue weighted by molar-refractivity contribution is 6.00. The lowest BCUT2D eigenvalue weighted by Gasteiger charge is -2.16. The number of rotatable bonds is 3. The van der Waals surface area contributed by atoms with Crippen LogP contribution in [0.1, 0.15) is 10.4 Å². The number of aromatic carboxylic acids is 1. The first-order valence-corrected chi connectivity index (χ1v) is 7.85. The van der Waals surface area contributed by atoms with Crippen molar-refractivity contribution in [1.29, 1.82) is 0 Å². The van der Waals surface area contributed by atoms with Gasteiger partial charge < -0.3 is 23.9 Å². The number of carboxylic acid groups (broad SMARTS) is 1. The molecule has 0 bridgehead atoms. The van der Waals surface area contributed by atoms with Crippen LogP contribution < -0.4 is 19.6 Å². The fourth-order valence-electron chi connectivity index (χ4n) is 3.22. The van der Waals surface area contributed by atoms with Crippen LogP contribution in [0.15, 0.2) is 41.2 Å². The van der Waals surface area contributed by atoms with Gasteiger partial charge in [-0.15, -0.1) is 0 Å². The Bertz CT molecular complexity index is 1120. The van der Waals surface area contributed by atoms with E-state index >= 15 is 0 Å². The standard InChI is InChI=1S/C19H15NO6/c1-20-13-8-11(24-2)4-5-12(13)18(21)16(19(22)23)17(20)10-3-6-14-15(7-10)26-9-25-14/h3-8H,9H2,1-2H3,(H,22,23). The van der Waals surface area contributed by atoms with Crippen LogP contribution in [0.5, 0.6) is 17.2 Å². The number of benzene rings is 2. The topological polar surface area (TPSA) is 87.0 Å². The molecule has 3 aromatic rings. The second kappa shape index (κ2) is 5.80. The normalized spacial score (nSPS) is 12.4. The van der Waals surface area contributed by atoms with Crippen molar-refractivity contribution < 1.29 is 24.1 Å². The molecule has 1 N–H and O–H groups in total. The third-order valence-electron chi connectivity index (χ3n) is 4.47. The van der Waals surface area contributed by atoms with Gasteiger partial charge in [0.05, 0.1) is 18.3 Å². The van der Waals surface area contributed by atoms with Crippen molar-refractivity contribution in [3.8, 4) is 28.5 Å². The Hall–Kier alpha value is -3.48. The van der Waals surface area contributed by atoms with E-state index in [0.29, 0.717) is 39.4 Å². The molecule has 0 amide bonds. The maximum atomic E-state index is 12.9. The average molecular weight is 353 g/mol. The number of hydrogen-bond acceptors (Lipinski definition) is 5. The molecule has 1 aromatic heterocycles. The number of methoxy groups -OCH3 is 1. The summed E-state index contributed by atoms with van der Waals surface area (Å²) in [7, 11) is 3.25. The molecular formula is C19H15NO6. The molecular weight excluding hydrogens is 338 g/mol. The molecule has 0 radical (unpaired) electrons. The van der Waals surface area contributed by atoms with Gasteiger partial charge in [0.25, 0.3) is 0 Å². The van der Waals surface area contributed by atoms with E-state index in [-0.39, 0.29) is 12.4 Å². The molecule has 4 rings (SSSR count). The minimum absolute atomic E-state index is 0.110. The second-order valence-corrected chi connectivity index (χ2v) is 5.87. The average Bonchev–Trinajstić information content (AvgIpc) is 3.11. The van der Waals surface area contributed by atoms with Gasteiger partial charge in [0.15, 0.2) is 11.5 Å². The first-order chi connectivity index (χ1) is 12.5. The number of carboxylic acids is 1. The number of aryl methyl sites for hydroxylation is 1. The molecule has 0 aliphatic carbocycles. The van der Waals surface area contributed by atoms with Crippen LogP contribution in [0.2, 0.25) is 0 Å². The number of fused-ring (bicyclic) bond motifs is 2. The molecule has 0 atom stereocenters. The van der Waals surface area contributed by atoms with Crippen LogP contribution in [0, 0.1) is 0 Å². The van der Waals surface area contributed by atoms with Gasteiger partial charge in [-0.05, 0) is 30.3 Å². The molecule has 132 valence electrons. The largest absolute Gasteiger partial charge is 0.497 e. The second-order valence-electron chi connectivity index (χ2n) is 5.87. The smallest absolute Gasteiger partial charge is 0.341 e. The third-order valence-corrected chi connectivity index (χ3v) is 4.47. The van der Waals surface area contributed by atoms with Crippen molar-refractivity contribution in [2.24, 2.45) is 7.05 Å². The van der Waals surface area contributed by atoms with Crippen LogP contribution in [-0.4, -0.2) is 29.5 Å². The van der Waals surface area contributed by atoms with E-state index in [1.807, 2.05) is 0 Å². The summed E-state index contributed by atoms with van der Waals surface area (Å²) >= 11 is 0. The van der Waals surface area contributed by atoms with E-state index in [0.717, 1.165) is 0 Å². The highest BCUT2D eigenvalue weighted by atomic mass is 16.7. The van der Waals surface area contributed by atoms with Gasteiger partial charge in [0.1, 0.15) is 11.3 Å². The molecule has 2 heterocycles. The van der Waals surface area contributed by atoms with Gasteiger partial charge in [-0.2, -0.15) is 0 Å². The fraction of sp³-hybridized carbons (Fsp3) is 0.158. The minimum Gasteiger partial charge on any atom is -0.497 e. The fourth-order valence-corrected chi connectivity index (χ4v) is 3.22. The zero-order chi connectivity index (χ0) is 18.4. The van der Waals surface area contributed by atoms with E-state index < -0.39 is 11.4 Å². The van der Waals surface area contributed by atoms with Crippen LogP contribution >= 0.6 is 0 Å². The summed E-state index contributed by atoms with van der Waals surface area (Å²) < 4.78 is 17.6. The SMILES string of the molecule is COc1ccc2c(=O)c(C(=O)O)c(-c3ccc4c(c3)OCO4)n(C)c2c1. The summed E-state index contributed by atoms with van der Waals surface area (Å²) in [6.45, 7) is 0.110. The summed E-state index contributed by atoms with van der Waals surface area (Å²) in [6.07, 6.45) is 0. The van der Waals surface area contributed by atoms with Gasteiger partial charge in [-0.25, -0.2) is 4.79 Å². The minimum atomic E-state index is -1.28. The van der Waals surface area contributed by atoms with Gasteiger partial charge in [-0.1, -0.05) is 0 Å². The lowest BCUT2D eigenvalue weighted by atomic mass is 10.0. The summed E-state index contributed by atoms with van der Waals surface area (Å²) in [4.78, 5) is 24.7. The van der Waals surface area contributed by atoms with Gasteiger partial charge in [-0.3, -0.25) is 4.79 Å². The summed E-state index contributed by atoms with van der Waals surface area (Å²) in [6, 6.07) is 10.0. The van der Waals surface area contributed by atoms with Crippen molar-refractivity contribution in [2.75, 3.05) is 13.9 Å². The molecule has 0 unspecified atom stereocenters. The van der Waals surface area contributed by atoms with Crippen LogP contribution in [0.3, 0.4) is 0 Å². The van der Waals surface area contributed by atoms with Crippen molar-refractivity contribution in [3.05, 3.63) is 52.2 Å². The lowest BCUT2D eigenvalue weighted by Crippen LogP contribution is -2.21. The van der Waals surface area contributed by atoms with Gasteiger partial charge in [0.2, 0.25) is 12.2 Å². The predicted octanol–water partition coefficient (Wildman–Crippen LogP) is 2.64. The number of ether oxygens (including phenoxy) is 3. The van der Waals surface area contributed by atoms with Crippen molar-refractivity contribution in [1.82, 2.24) is 4.57 Å². The molecule has 7 heteroatoms. The van der Waals surface area contributed by atoms with Crippen molar-refractivity contribution in [3.63, 3.8) is 0 Å². The summed E-state index contributed by atoms with van der Waals surface area (Å²) in [5, 5.41) is 10.0. The first kappa shape index (κ1) is 16.0. The quantitative estimate of drug-likeness (QED) is 0.779. The Morgan fingerprint density at radius 3 is 2.65 bits per heavy atom. The number of pyridine rings is 1. The van der Waals surface area contributed by atoms with E-state index in [4.69, 9.17) is 14.2 Å². The Balaban J connectivity index is 2.10. The Morgan fingerprint density at radius 1 is 1.15 bits per heavy atom. The Morgan fingerprint density at radius 2 is 1.92 bits per heavy atom. The monoisotopic (exact) mass is 353 g/mol. The van der Waals surface area contributed by atoms with E-state index in [1.165, 1.54) is 7.11 Å². The molecule has 1 aliphatic heterocycles. The molecule has 7 nitrogen and oxygen atoms in total. The van der Waals surface area contributed by atoms with Gasteiger partial charge >= 0.3 is 5.97 Å². The van der Waals surface area contributed by atoms with E-state index in [9.17, 15) is 14.7 Å². The maximum absolute atomic E-state index is 12.9. The number of aromatic nitrogens is 1. The zero-order valence-electron chi connectivity index (χ0n) is 14.1. The number of hydrogen-bond donors (Lipinski definition) is 1. The molecule has 1 aliphatic rings. The molecule has 26 heavy (non-hydrogen) atoms. The molecule has 0 spiro atoms. The van der Waals surface area contributed by atoms with E-state index in [2.05, 4.69) is 0 Å². The predicted molar refractivity (Wildman–Crippen MR) is 94.3 cm³/mol. The first-order valence-electron chi connectivity index (χ1n) is 7.85. The highest BCUT2D eigenvalue weighted by Crippen LogP contribution is 2.37. The molecule has 0 saturated heterocycles. The Kier molecular flexibility index (Phi) is 3.57. The van der Waals surface area contributed by atoms with Crippen LogP contribution in [0.25, 0.3) is 22.2 Å². The maximum Gasteiger partial charge on any atom is 0.341 e. The molecule has 0 saturated carbocycles.